The molecule has 2 aromatic carbocycles. The zero-order valence-electron chi connectivity index (χ0n) is 16.7. The van der Waals surface area contributed by atoms with Gasteiger partial charge in [-0.25, -0.2) is 8.42 Å². The molecular weight excluding hydrogens is 410 g/mol. The molecule has 1 N–H and O–H groups in total. The Morgan fingerprint density at radius 1 is 1.21 bits per heavy atom. The standard InChI is InChI=1S/C20H23N3O4S2/c1-13(2)15-7-5-6-8-16(15)23(29(4,26)27)12-19(24)21-14-9-10-17-18(11-14)28-20(25)22(17)3/h5-11,13H,12H2,1-4H3,(H,21,24). The van der Waals surface area contributed by atoms with Crippen molar-refractivity contribution in [3.8, 4) is 0 Å². The number of benzene rings is 2. The first-order valence-corrected chi connectivity index (χ1v) is 11.7. The van der Waals surface area contributed by atoms with Gasteiger partial charge in [0.25, 0.3) is 0 Å². The van der Waals surface area contributed by atoms with E-state index in [4.69, 9.17) is 0 Å². The lowest BCUT2D eigenvalue weighted by molar-refractivity contribution is -0.114. The molecule has 0 radical (unpaired) electrons. The lowest BCUT2D eigenvalue weighted by Gasteiger charge is -2.25. The van der Waals surface area contributed by atoms with Crippen LogP contribution in [0.2, 0.25) is 0 Å². The third-order valence-corrected chi connectivity index (χ3v) is 6.71. The number of carbonyl (C=O) groups excluding carboxylic acids is 1. The summed E-state index contributed by atoms with van der Waals surface area (Å²) in [5.41, 5.74) is 2.63. The number of thiazole rings is 1. The Hall–Kier alpha value is -2.65. The third kappa shape index (κ3) is 4.51. The molecule has 29 heavy (non-hydrogen) atoms. The van der Waals surface area contributed by atoms with Crippen molar-refractivity contribution in [1.82, 2.24) is 4.57 Å². The second kappa shape index (κ2) is 8.00. The fourth-order valence-electron chi connectivity index (χ4n) is 3.13. The van der Waals surface area contributed by atoms with Gasteiger partial charge in [0, 0.05) is 12.7 Å². The first kappa shape index (κ1) is 21.1. The molecule has 1 heterocycles. The highest BCUT2D eigenvalue weighted by Gasteiger charge is 2.24. The number of nitrogens with zero attached hydrogens (tertiary/aromatic N) is 2. The van der Waals surface area contributed by atoms with Crippen molar-refractivity contribution >= 4 is 48.9 Å². The number of para-hydroxylation sites is 1. The Morgan fingerprint density at radius 2 is 1.90 bits per heavy atom. The zero-order valence-corrected chi connectivity index (χ0v) is 18.3. The molecule has 0 spiro atoms. The van der Waals surface area contributed by atoms with E-state index in [1.807, 2.05) is 26.0 Å². The molecule has 3 aromatic rings. The Labute approximate surface area is 173 Å². The molecule has 0 aliphatic rings. The third-order valence-electron chi connectivity index (χ3n) is 4.59. The molecule has 0 saturated heterocycles. The summed E-state index contributed by atoms with van der Waals surface area (Å²) < 4.78 is 28.3. The van der Waals surface area contributed by atoms with Gasteiger partial charge in [0.05, 0.1) is 22.2 Å². The van der Waals surface area contributed by atoms with E-state index in [9.17, 15) is 18.0 Å². The van der Waals surface area contributed by atoms with Gasteiger partial charge in [-0.15, -0.1) is 0 Å². The Morgan fingerprint density at radius 3 is 2.55 bits per heavy atom. The minimum absolute atomic E-state index is 0.0861. The van der Waals surface area contributed by atoms with E-state index in [-0.39, 0.29) is 17.3 Å². The van der Waals surface area contributed by atoms with Crippen LogP contribution in [0.5, 0.6) is 0 Å². The number of amides is 1. The van der Waals surface area contributed by atoms with Gasteiger partial charge in [-0.1, -0.05) is 43.4 Å². The average Bonchev–Trinajstić information content (AvgIpc) is 2.92. The van der Waals surface area contributed by atoms with Crippen LogP contribution in [0.4, 0.5) is 11.4 Å². The van der Waals surface area contributed by atoms with Gasteiger partial charge in [0.1, 0.15) is 6.54 Å². The summed E-state index contributed by atoms with van der Waals surface area (Å²) in [4.78, 5) is 24.4. The fourth-order valence-corrected chi connectivity index (χ4v) is 4.92. The lowest BCUT2D eigenvalue weighted by Crippen LogP contribution is -2.38. The van der Waals surface area contributed by atoms with Gasteiger partial charge in [-0.3, -0.25) is 13.9 Å². The number of hydrogen-bond acceptors (Lipinski definition) is 5. The number of anilines is 2. The van der Waals surface area contributed by atoms with Crippen LogP contribution in [0, 0.1) is 0 Å². The van der Waals surface area contributed by atoms with Crippen molar-refractivity contribution in [3.63, 3.8) is 0 Å². The van der Waals surface area contributed by atoms with Crippen LogP contribution >= 0.6 is 11.3 Å². The summed E-state index contributed by atoms with van der Waals surface area (Å²) in [6.45, 7) is 3.60. The molecule has 3 rings (SSSR count). The van der Waals surface area contributed by atoms with Crippen molar-refractivity contribution < 1.29 is 13.2 Å². The first-order chi connectivity index (χ1) is 13.6. The summed E-state index contributed by atoms with van der Waals surface area (Å²) >= 11 is 1.09. The Balaban J connectivity index is 1.88. The van der Waals surface area contributed by atoms with Crippen LogP contribution in [0.25, 0.3) is 10.2 Å². The smallest absolute Gasteiger partial charge is 0.307 e. The number of hydrogen-bond donors (Lipinski definition) is 1. The predicted molar refractivity (Wildman–Crippen MR) is 118 cm³/mol. The highest BCUT2D eigenvalue weighted by Crippen LogP contribution is 2.29. The highest BCUT2D eigenvalue weighted by molar-refractivity contribution is 7.92. The zero-order chi connectivity index (χ0) is 21.3. The summed E-state index contributed by atoms with van der Waals surface area (Å²) in [5, 5.41) is 2.73. The maximum Gasteiger partial charge on any atom is 0.307 e. The number of carbonyl (C=O) groups is 1. The van der Waals surface area contributed by atoms with Gasteiger partial charge in [0.15, 0.2) is 0 Å². The van der Waals surface area contributed by atoms with Crippen molar-refractivity contribution in [3.05, 3.63) is 57.7 Å². The van der Waals surface area contributed by atoms with Crippen LogP contribution in [0.15, 0.2) is 47.3 Å². The SMILES string of the molecule is CC(C)c1ccccc1N(CC(=O)Nc1ccc2c(c1)sc(=O)n2C)S(C)(=O)=O. The highest BCUT2D eigenvalue weighted by atomic mass is 32.2. The normalized spacial score (nSPS) is 11.8. The molecule has 9 heteroatoms. The van der Waals surface area contributed by atoms with Crippen molar-refractivity contribution in [2.75, 3.05) is 22.4 Å². The van der Waals surface area contributed by atoms with Gasteiger partial charge >= 0.3 is 4.87 Å². The Bertz CT molecular complexity index is 1230. The largest absolute Gasteiger partial charge is 0.324 e. The minimum Gasteiger partial charge on any atom is -0.324 e. The molecule has 0 atom stereocenters. The van der Waals surface area contributed by atoms with E-state index in [0.717, 1.165) is 37.7 Å². The van der Waals surface area contributed by atoms with E-state index in [0.29, 0.717) is 11.4 Å². The maximum atomic E-state index is 12.7. The lowest BCUT2D eigenvalue weighted by atomic mass is 10.0. The molecule has 0 fully saturated rings. The Kier molecular flexibility index (Phi) is 5.81. The topological polar surface area (TPSA) is 88.5 Å². The van der Waals surface area contributed by atoms with E-state index < -0.39 is 15.9 Å². The van der Waals surface area contributed by atoms with Crippen molar-refractivity contribution in [2.45, 2.75) is 19.8 Å². The maximum absolute atomic E-state index is 12.7. The van der Waals surface area contributed by atoms with Gasteiger partial charge in [0.2, 0.25) is 15.9 Å². The summed E-state index contributed by atoms with van der Waals surface area (Å²) in [7, 11) is -1.98. The molecule has 154 valence electrons. The minimum atomic E-state index is -3.67. The second-order valence-electron chi connectivity index (χ2n) is 7.14. The van der Waals surface area contributed by atoms with E-state index in [1.165, 1.54) is 0 Å². The quantitative estimate of drug-likeness (QED) is 0.647. The van der Waals surface area contributed by atoms with Gasteiger partial charge < -0.3 is 9.88 Å². The average molecular weight is 434 g/mol. The number of aryl methyl sites for hydroxylation is 1. The monoisotopic (exact) mass is 433 g/mol. The van der Waals surface area contributed by atoms with Crippen molar-refractivity contribution in [1.29, 1.82) is 0 Å². The summed E-state index contributed by atoms with van der Waals surface area (Å²) in [5.74, 6) is -0.363. The second-order valence-corrected chi connectivity index (χ2v) is 10.0. The molecule has 7 nitrogen and oxygen atoms in total. The molecule has 0 saturated carbocycles. The van der Waals surface area contributed by atoms with Gasteiger partial charge in [-0.2, -0.15) is 0 Å². The molecule has 0 aliphatic carbocycles. The van der Waals surface area contributed by atoms with Crippen LogP contribution in [-0.2, 0) is 21.9 Å². The number of fused-ring (bicyclic) bond motifs is 1. The van der Waals surface area contributed by atoms with Crippen LogP contribution in [0.1, 0.15) is 25.3 Å². The molecule has 1 aromatic heterocycles. The van der Waals surface area contributed by atoms with Crippen molar-refractivity contribution in [2.24, 2.45) is 7.05 Å². The van der Waals surface area contributed by atoms with Crippen LogP contribution in [-0.4, -0.2) is 31.7 Å². The van der Waals surface area contributed by atoms with E-state index in [2.05, 4.69) is 5.32 Å². The molecule has 0 unspecified atom stereocenters. The predicted octanol–water partition coefficient (Wildman–Crippen LogP) is 3.13. The van der Waals surface area contributed by atoms with Gasteiger partial charge in [-0.05, 0) is 35.7 Å². The van der Waals surface area contributed by atoms with E-state index in [1.54, 1.807) is 41.9 Å². The number of nitrogens with one attached hydrogen (secondary N) is 1. The molecule has 0 bridgehead atoms. The molecular formula is C20H23N3O4S2. The van der Waals surface area contributed by atoms with Crippen LogP contribution < -0.4 is 14.5 Å². The number of aromatic nitrogens is 1. The molecule has 1 amide bonds. The van der Waals surface area contributed by atoms with E-state index >= 15 is 0 Å². The van der Waals surface area contributed by atoms with Crippen LogP contribution in [0.3, 0.4) is 0 Å². The summed E-state index contributed by atoms with van der Waals surface area (Å²) in [6.07, 6.45) is 1.09. The fraction of sp³-hybridized carbons (Fsp3) is 0.300. The first-order valence-electron chi connectivity index (χ1n) is 9.04. The molecule has 0 aliphatic heterocycles. The number of rotatable bonds is 6. The number of sulfonamides is 1. The summed E-state index contributed by atoms with van der Waals surface area (Å²) in [6, 6.07) is 12.3.